The Morgan fingerprint density at radius 3 is 2.51 bits per heavy atom. The first kappa shape index (κ1) is 26.0. The number of aromatic nitrogens is 4. The van der Waals surface area contributed by atoms with Crippen LogP contribution in [-0.4, -0.2) is 37.1 Å². The molecule has 4 aromatic rings. The molecule has 192 valence electrons. The first-order valence-electron chi connectivity index (χ1n) is 12.3. The normalized spacial score (nSPS) is 12.8. The second kappa shape index (κ2) is 11.3. The van der Waals surface area contributed by atoms with E-state index in [4.69, 9.17) is 10.2 Å². The van der Waals surface area contributed by atoms with Crippen molar-refractivity contribution >= 4 is 5.91 Å². The summed E-state index contributed by atoms with van der Waals surface area (Å²) in [6.07, 6.45) is 5.68. The van der Waals surface area contributed by atoms with Gasteiger partial charge in [0.25, 0.3) is 17.4 Å². The maximum Gasteiger partial charge on any atom is 0.264 e. The molecule has 4 rings (SSSR count). The van der Waals surface area contributed by atoms with Crippen LogP contribution in [0.4, 0.5) is 0 Å². The molecule has 1 amide bonds. The summed E-state index contributed by atoms with van der Waals surface area (Å²) in [6, 6.07) is 16.5. The predicted molar refractivity (Wildman–Crippen MR) is 141 cm³/mol. The average Bonchev–Trinajstić information content (AvgIpc) is 3.40. The van der Waals surface area contributed by atoms with Crippen LogP contribution in [0.5, 0.6) is 0 Å². The molecule has 0 saturated carbocycles. The van der Waals surface area contributed by atoms with Crippen LogP contribution >= 0.6 is 0 Å². The molecular weight excluding hydrogens is 468 g/mol. The number of rotatable bonds is 10. The van der Waals surface area contributed by atoms with Gasteiger partial charge >= 0.3 is 0 Å². The number of unbranched alkanes of at least 4 members (excludes halogenated alkanes) is 1. The Hall–Kier alpha value is -4.11. The maximum atomic E-state index is 13.5. The minimum Gasteiger partial charge on any atom is -0.417 e. The summed E-state index contributed by atoms with van der Waals surface area (Å²) >= 11 is 0. The zero-order chi connectivity index (χ0) is 26.4. The molecular formula is C28H32N6O3. The lowest BCUT2D eigenvalue weighted by molar-refractivity contribution is 0.0740. The van der Waals surface area contributed by atoms with Gasteiger partial charge in [-0.25, -0.2) is 0 Å². The Morgan fingerprint density at radius 1 is 1.08 bits per heavy atom. The van der Waals surface area contributed by atoms with Crippen LogP contribution < -0.4 is 11.3 Å². The molecule has 1 atom stereocenters. The first-order valence-corrected chi connectivity index (χ1v) is 12.3. The fourth-order valence-electron chi connectivity index (χ4n) is 4.11. The van der Waals surface area contributed by atoms with Crippen molar-refractivity contribution in [1.29, 1.82) is 0 Å². The number of hydrogen-bond acceptors (Lipinski definition) is 7. The third-order valence-electron chi connectivity index (χ3n) is 6.25. The Balaban J connectivity index is 1.64. The molecule has 0 unspecified atom stereocenters. The van der Waals surface area contributed by atoms with Crippen LogP contribution in [0.2, 0.25) is 0 Å². The highest BCUT2D eigenvalue weighted by Crippen LogP contribution is 2.26. The molecule has 0 fully saturated rings. The topological polar surface area (TPSA) is 120 Å². The Kier molecular flexibility index (Phi) is 7.93. The smallest absolute Gasteiger partial charge is 0.264 e. The van der Waals surface area contributed by atoms with Crippen molar-refractivity contribution in [3.63, 3.8) is 0 Å². The van der Waals surface area contributed by atoms with E-state index in [0.717, 1.165) is 24.0 Å². The minimum absolute atomic E-state index is 0.128. The average molecular weight is 501 g/mol. The summed E-state index contributed by atoms with van der Waals surface area (Å²) in [6.45, 7) is 4.88. The first-order chi connectivity index (χ1) is 17.8. The monoisotopic (exact) mass is 500 g/mol. The van der Waals surface area contributed by atoms with Gasteiger partial charge in [-0.2, -0.15) is 0 Å². The molecule has 3 aromatic heterocycles. The van der Waals surface area contributed by atoms with Gasteiger partial charge in [0, 0.05) is 44.2 Å². The molecule has 9 heteroatoms. The van der Waals surface area contributed by atoms with Crippen LogP contribution in [-0.2, 0) is 25.6 Å². The number of carbonyl (C=O) groups is 1. The van der Waals surface area contributed by atoms with Gasteiger partial charge in [0.2, 0.25) is 5.89 Å². The van der Waals surface area contributed by atoms with E-state index >= 15 is 0 Å². The Bertz CT molecular complexity index is 1400. The van der Waals surface area contributed by atoms with E-state index in [1.54, 1.807) is 30.4 Å². The molecule has 0 radical (unpaired) electrons. The highest BCUT2D eigenvalue weighted by Gasteiger charge is 2.29. The van der Waals surface area contributed by atoms with Gasteiger partial charge in [0.1, 0.15) is 5.69 Å². The molecule has 2 N–H and O–H groups in total. The molecule has 0 spiro atoms. The lowest BCUT2D eigenvalue weighted by atomic mass is 9.94. The van der Waals surface area contributed by atoms with Gasteiger partial charge in [-0.05, 0) is 49.1 Å². The molecule has 0 aliphatic carbocycles. The quantitative estimate of drug-likeness (QED) is 0.353. The van der Waals surface area contributed by atoms with Gasteiger partial charge in [0.15, 0.2) is 0 Å². The summed E-state index contributed by atoms with van der Waals surface area (Å²) < 4.78 is 7.35. The molecule has 0 bridgehead atoms. The molecule has 0 saturated heterocycles. The molecule has 37 heavy (non-hydrogen) atoms. The van der Waals surface area contributed by atoms with Gasteiger partial charge < -0.3 is 19.6 Å². The lowest BCUT2D eigenvalue weighted by Crippen LogP contribution is -2.35. The van der Waals surface area contributed by atoms with Crippen molar-refractivity contribution in [3.05, 3.63) is 99.9 Å². The van der Waals surface area contributed by atoms with Gasteiger partial charge in [0.05, 0.1) is 5.54 Å². The zero-order valence-electron chi connectivity index (χ0n) is 21.4. The fraction of sp³-hybridized carbons (Fsp3) is 0.321. The fourth-order valence-corrected chi connectivity index (χ4v) is 4.11. The summed E-state index contributed by atoms with van der Waals surface area (Å²) in [5.74, 6) is 0.137. The second-order valence-electron chi connectivity index (χ2n) is 9.45. The largest absolute Gasteiger partial charge is 0.417 e. The number of nitrogens with two attached hydrogens (primary N) is 1. The van der Waals surface area contributed by atoms with E-state index in [-0.39, 0.29) is 28.8 Å². The van der Waals surface area contributed by atoms with Crippen molar-refractivity contribution in [2.24, 2.45) is 12.8 Å². The summed E-state index contributed by atoms with van der Waals surface area (Å²) in [5, 5.41) is 8.35. The summed E-state index contributed by atoms with van der Waals surface area (Å²) in [7, 11) is 1.60. The number of nitrogens with zero attached hydrogens (tertiary/aromatic N) is 5. The van der Waals surface area contributed by atoms with Crippen molar-refractivity contribution in [1.82, 2.24) is 24.6 Å². The van der Waals surface area contributed by atoms with Crippen LogP contribution in [0.15, 0.2) is 76.2 Å². The lowest BCUT2D eigenvalue weighted by Gasteiger charge is -2.23. The van der Waals surface area contributed by atoms with Crippen molar-refractivity contribution in [2.45, 2.75) is 45.2 Å². The number of pyridine rings is 2. The second-order valence-corrected chi connectivity index (χ2v) is 9.45. The molecule has 0 aliphatic heterocycles. The van der Waals surface area contributed by atoms with Crippen LogP contribution in [0.1, 0.15) is 54.1 Å². The van der Waals surface area contributed by atoms with E-state index in [0.29, 0.717) is 25.2 Å². The highest BCUT2D eigenvalue weighted by atomic mass is 16.4. The van der Waals surface area contributed by atoms with Gasteiger partial charge in [-0.15, -0.1) is 10.2 Å². The van der Waals surface area contributed by atoms with E-state index < -0.39 is 5.54 Å². The Labute approximate surface area is 216 Å². The van der Waals surface area contributed by atoms with E-state index in [2.05, 4.69) is 22.1 Å². The molecule has 3 heterocycles. The van der Waals surface area contributed by atoms with Gasteiger partial charge in [-0.1, -0.05) is 43.7 Å². The standard InChI is InChI=1S/C28H32N6O3/c1-4-5-15-34(19-21-11-13-30-14-12-21)26(36)22-16-23(33(3)24(35)17-22)25-31-32-27(37-25)28(2,29)18-20-9-7-6-8-10-20/h6-14,16-17H,4-5,15,18-19,29H2,1-3H3/t28-/m0/s1. The predicted octanol–water partition coefficient (Wildman–Crippen LogP) is 3.69. The Morgan fingerprint density at radius 2 is 1.81 bits per heavy atom. The number of amides is 1. The zero-order valence-corrected chi connectivity index (χ0v) is 21.4. The molecule has 9 nitrogen and oxygen atoms in total. The molecule has 1 aromatic carbocycles. The third-order valence-corrected chi connectivity index (χ3v) is 6.25. The van der Waals surface area contributed by atoms with Gasteiger partial charge in [-0.3, -0.25) is 14.6 Å². The van der Waals surface area contributed by atoms with E-state index in [9.17, 15) is 9.59 Å². The number of benzene rings is 1. The minimum atomic E-state index is -0.916. The van der Waals surface area contributed by atoms with Crippen molar-refractivity contribution in [2.75, 3.05) is 6.54 Å². The molecule has 0 aliphatic rings. The number of hydrogen-bond donors (Lipinski definition) is 1. The SMILES string of the molecule is CCCCN(Cc1ccncc1)C(=O)c1cc(-c2nnc([C@@](C)(N)Cc3ccccc3)o2)n(C)c(=O)c1. The van der Waals surface area contributed by atoms with Crippen molar-refractivity contribution < 1.29 is 9.21 Å². The number of carbonyl (C=O) groups excluding carboxylic acids is 1. The summed E-state index contributed by atoms with van der Waals surface area (Å²) in [5.41, 5.74) is 7.89. The highest BCUT2D eigenvalue weighted by molar-refractivity contribution is 5.95. The third kappa shape index (κ3) is 6.18. The van der Waals surface area contributed by atoms with Crippen LogP contribution in [0.3, 0.4) is 0 Å². The van der Waals surface area contributed by atoms with Crippen LogP contribution in [0.25, 0.3) is 11.6 Å². The summed E-state index contributed by atoms with van der Waals surface area (Å²) in [4.78, 5) is 32.2. The van der Waals surface area contributed by atoms with E-state index in [1.165, 1.54) is 10.6 Å². The maximum absolute atomic E-state index is 13.5. The van der Waals surface area contributed by atoms with Crippen LogP contribution in [0, 0.1) is 0 Å². The van der Waals surface area contributed by atoms with E-state index in [1.807, 2.05) is 49.4 Å². The van der Waals surface area contributed by atoms with Crippen molar-refractivity contribution in [3.8, 4) is 11.6 Å².